The summed E-state index contributed by atoms with van der Waals surface area (Å²) in [7, 11) is 1.67. The van der Waals surface area contributed by atoms with Crippen LogP contribution in [0.15, 0.2) is 0 Å². The van der Waals surface area contributed by atoms with Gasteiger partial charge in [0.05, 0.1) is 12.7 Å². The maximum Gasteiger partial charge on any atom is 0.158 e. The highest BCUT2D eigenvalue weighted by Gasteiger charge is 2.31. The number of unbranched alkanes of at least 4 members (excludes halogenated alkanes) is 9. The Morgan fingerprint density at radius 1 is 0.913 bits per heavy atom. The zero-order valence-corrected chi connectivity index (χ0v) is 15.3. The first kappa shape index (κ1) is 20.9. The molecular weight excluding hydrogens is 292 g/mol. The molecule has 1 rings (SSSR count). The van der Waals surface area contributed by atoms with E-state index in [0.717, 1.165) is 25.9 Å². The fraction of sp³-hybridized carbons (Fsp3) is 1.00. The van der Waals surface area contributed by atoms with Crippen molar-refractivity contribution in [3.05, 3.63) is 0 Å². The van der Waals surface area contributed by atoms with E-state index in [1.807, 2.05) is 0 Å². The van der Waals surface area contributed by atoms with Gasteiger partial charge in [-0.2, -0.15) is 0 Å². The molecule has 1 aliphatic rings. The van der Waals surface area contributed by atoms with Crippen LogP contribution in [0.5, 0.6) is 0 Å². The molecule has 1 aliphatic heterocycles. The fourth-order valence-electron chi connectivity index (χ4n) is 3.19. The molecule has 0 bridgehead atoms. The summed E-state index contributed by atoms with van der Waals surface area (Å²) < 4.78 is 16.8. The molecule has 0 aromatic carbocycles. The molecule has 1 saturated heterocycles. The van der Waals surface area contributed by atoms with Gasteiger partial charge < -0.3 is 19.3 Å². The number of aliphatic hydroxyl groups is 1. The molecule has 3 atom stereocenters. The average Bonchev–Trinajstić information content (AvgIpc) is 2.59. The molecule has 0 aromatic rings. The quantitative estimate of drug-likeness (QED) is 0.478. The highest BCUT2D eigenvalue weighted by molar-refractivity contribution is 4.76. The molecule has 0 aliphatic carbocycles. The molecular formula is C19H38O4. The maximum absolute atomic E-state index is 9.31. The lowest BCUT2D eigenvalue weighted by molar-refractivity contribution is -0.233. The zero-order valence-electron chi connectivity index (χ0n) is 15.3. The summed E-state index contributed by atoms with van der Waals surface area (Å²) in [4.78, 5) is 0. The van der Waals surface area contributed by atoms with Crippen LogP contribution < -0.4 is 0 Å². The van der Waals surface area contributed by atoms with E-state index in [1.54, 1.807) is 7.11 Å². The van der Waals surface area contributed by atoms with Gasteiger partial charge in [-0.1, -0.05) is 64.7 Å². The molecule has 23 heavy (non-hydrogen) atoms. The molecule has 4 heteroatoms. The van der Waals surface area contributed by atoms with E-state index in [2.05, 4.69) is 6.92 Å². The van der Waals surface area contributed by atoms with Crippen molar-refractivity contribution in [1.29, 1.82) is 0 Å². The first-order valence-corrected chi connectivity index (χ1v) is 9.72. The third kappa shape index (κ3) is 9.65. The minimum Gasteiger partial charge on any atom is -0.394 e. The predicted octanol–water partition coefficient (Wildman–Crippen LogP) is 4.44. The van der Waals surface area contributed by atoms with Gasteiger partial charge in [-0.15, -0.1) is 0 Å². The Kier molecular flexibility index (Phi) is 12.9. The van der Waals surface area contributed by atoms with E-state index < -0.39 is 0 Å². The van der Waals surface area contributed by atoms with Crippen molar-refractivity contribution < 1.29 is 19.3 Å². The van der Waals surface area contributed by atoms with Gasteiger partial charge in [0.25, 0.3) is 0 Å². The molecule has 0 aromatic heterocycles. The summed E-state index contributed by atoms with van der Waals surface area (Å²) >= 11 is 0. The van der Waals surface area contributed by atoms with Gasteiger partial charge in [0.2, 0.25) is 0 Å². The van der Waals surface area contributed by atoms with Gasteiger partial charge in [0.1, 0.15) is 6.10 Å². The van der Waals surface area contributed by atoms with E-state index in [1.165, 1.54) is 57.8 Å². The number of hydrogen-bond donors (Lipinski definition) is 1. The van der Waals surface area contributed by atoms with Crippen LogP contribution in [0.25, 0.3) is 0 Å². The summed E-state index contributed by atoms with van der Waals surface area (Å²) in [5.74, 6) is 0. The van der Waals surface area contributed by atoms with Crippen molar-refractivity contribution in [3.63, 3.8) is 0 Å². The number of ether oxygens (including phenoxy) is 3. The molecule has 1 fully saturated rings. The minimum atomic E-state index is -0.244. The van der Waals surface area contributed by atoms with Crippen LogP contribution in [0.1, 0.15) is 84.0 Å². The van der Waals surface area contributed by atoms with Crippen LogP contribution in [-0.2, 0) is 14.2 Å². The van der Waals surface area contributed by atoms with Crippen LogP contribution in [0.4, 0.5) is 0 Å². The van der Waals surface area contributed by atoms with Crippen molar-refractivity contribution in [1.82, 2.24) is 0 Å². The molecule has 1 heterocycles. The Balaban J connectivity index is 1.89. The van der Waals surface area contributed by atoms with Crippen molar-refractivity contribution in [2.75, 3.05) is 20.3 Å². The van der Waals surface area contributed by atoms with Gasteiger partial charge in [-0.3, -0.25) is 0 Å². The summed E-state index contributed by atoms with van der Waals surface area (Å²) in [6.45, 7) is 3.02. The van der Waals surface area contributed by atoms with Gasteiger partial charge in [-0.05, 0) is 12.8 Å². The highest BCUT2D eigenvalue weighted by atomic mass is 16.7. The van der Waals surface area contributed by atoms with Gasteiger partial charge in [-0.25, -0.2) is 0 Å². The number of hydrogen-bond acceptors (Lipinski definition) is 4. The van der Waals surface area contributed by atoms with E-state index in [4.69, 9.17) is 14.2 Å². The van der Waals surface area contributed by atoms with E-state index in [0.29, 0.717) is 0 Å². The van der Waals surface area contributed by atoms with Crippen LogP contribution in [0.3, 0.4) is 0 Å². The minimum absolute atomic E-state index is 0.00261. The van der Waals surface area contributed by atoms with E-state index in [-0.39, 0.29) is 25.1 Å². The molecule has 0 radical (unpaired) electrons. The van der Waals surface area contributed by atoms with Crippen LogP contribution in [-0.4, -0.2) is 43.9 Å². The summed E-state index contributed by atoms with van der Waals surface area (Å²) in [5, 5.41) is 9.31. The Bertz CT molecular complexity index is 260. The third-order valence-electron chi connectivity index (χ3n) is 4.71. The summed E-state index contributed by atoms with van der Waals surface area (Å²) in [6, 6.07) is 0. The molecule has 4 nitrogen and oxygen atoms in total. The molecule has 1 N–H and O–H groups in total. The standard InChI is InChI=1S/C19H38O4/c1-3-4-5-6-7-8-9-10-11-12-15-22-19-14-13-17(21-2)18(16-20)23-19/h17-20H,3-16H2,1-2H3/t17-,18+,19+/m0/s1. The second-order valence-electron chi connectivity index (χ2n) is 6.69. The van der Waals surface area contributed by atoms with Crippen molar-refractivity contribution in [2.45, 2.75) is 102 Å². The van der Waals surface area contributed by atoms with Gasteiger partial charge in [0, 0.05) is 20.1 Å². The Morgan fingerprint density at radius 3 is 2.09 bits per heavy atom. The average molecular weight is 331 g/mol. The smallest absolute Gasteiger partial charge is 0.158 e. The molecule has 0 unspecified atom stereocenters. The Morgan fingerprint density at radius 2 is 1.52 bits per heavy atom. The first-order valence-electron chi connectivity index (χ1n) is 9.72. The maximum atomic E-state index is 9.31. The summed E-state index contributed by atoms with van der Waals surface area (Å²) in [5.41, 5.74) is 0. The molecule has 0 amide bonds. The van der Waals surface area contributed by atoms with Crippen LogP contribution in [0.2, 0.25) is 0 Å². The fourth-order valence-corrected chi connectivity index (χ4v) is 3.19. The lowest BCUT2D eigenvalue weighted by Gasteiger charge is -2.34. The topological polar surface area (TPSA) is 47.9 Å². The number of methoxy groups -OCH3 is 1. The summed E-state index contributed by atoms with van der Waals surface area (Å²) in [6.07, 6.45) is 14.7. The first-order chi connectivity index (χ1) is 11.3. The molecule has 138 valence electrons. The van der Waals surface area contributed by atoms with Crippen molar-refractivity contribution in [2.24, 2.45) is 0 Å². The van der Waals surface area contributed by atoms with Crippen molar-refractivity contribution in [3.8, 4) is 0 Å². The van der Waals surface area contributed by atoms with Gasteiger partial charge in [0.15, 0.2) is 6.29 Å². The van der Waals surface area contributed by atoms with E-state index in [9.17, 15) is 5.11 Å². The second kappa shape index (κ2) is 14.2. The van der Waals surface area contributed by atoms with Crippen LogP contribution in [0, 0.1) is 0 Å². The van der Waals surface area contributed by atoms with Gasteiger partial charge >= 0.3 is 0 Å². The number of aliphatic hydroxyl groups excluding tert-OH is 1. The lowest BCUT2D eigenvalue weighted by Crippen LogP contribution is -2.43. The number of rotatable bonds is 14. The predicted molar refractivity (Wildman–Crippen MR) is 93.6 cm³/mol. The van der Waals surface area contributed by atoms with Crippen molar-refractivity contribution >= 4 is 0 Å². The highest BCUT2D eigenvalue weighted by Crippen LogP contribution is 2.22. The molecule has 0 saturated carbocycles. The third-order valence-corrected chi connectivity index (χ3v) is 4.71. The zero-order chi connectivity index (χ0) is 16.8. The monoisotopic (exact) mass is 330 g/mol. The van der Waals surface area contributed by atoms with Crippen LogP contribution >= 0.6 is 0 Å². The Hall–Kier alpha value is -0.160. The molecule has 0 spiro atoms. The normalized spacial score (nSPS) is 24.9. The second-order valence-corrected chi connectivity index (χ2v) is 6.69. The van der Waals surface area contributed by atoms with E-state index >= 15 is 0 Å². The Labute approximate surface area is 142 Å². The largest absolute Gasteiger partial charge is 0.394 e. The SMILES string of the molecule is CCCCCCCCCCCCO[C@H]1CC[C@H](OC)[C@@H](CO)O1. The lowest BCUT2D eigenvalue weighted by atomic mass is 10.1.